The molecule has 0 heterocycles. The van der Waals surface area contributed by atoms with Crippen molar-refractivity contribution in [2.75, 3.05) is 24.3 Å². The second-order valence-corrected chi connectivity index (χ2v) is 7.94. The summed E-state index contributed by atoms with van der Waals surface area (Å²) in [5.41, 5.74) is 7.76. The van der Waals surface area contributed by atoms with Crippen molar-refractivity contribution in [3.63, 3.8) is 0 Å². The average Bonchev–Trinajstić information content (AvgIpc) is 2.42. The Bertz CT molecular complexity index is 557. The van der Waals surface area contributed by atoms with Gasteiger partial charge in [-0.1, -0.05) is 25.0 Å². The summed E-state index contributed by atoms with van der Waals surface area (Å²) < 4.78 is 27.4. The van der Waals surface area contributed by atoms with Crippen LogP contribution in [0.5, 0.6) is 0 Å². The molecule has 4 nitrogen and oxygen atoms in total. The van der Waals surface area contributed by atoms with Gasteiger partial charge in [0.05, 0.1) is 5.69 Å². The molecule has 0 atom stereocenters. The minimum Gasteiger partial charge on any atom is -0.397 e. The van der Waals surface area contributed by atoms with Crippen LogP contribution in [-0.2, 0) is 10.0 Å². The van der Waals surface area contributed by atoms with Crippen LogP contribution >= 0.6 is 11.8 Å². The molecule has 6 heteroatoms. The van der Waals surface area contributed by atoms with Gasteiger partial charge < -0.3 is 5.73 Å². The lowest BCUT2D eigenvalue weighted by Gasteiger charge is -2.13. The van der Waals surface area contributed by atoms with E-state index in [9.17, 15) is 8.42 Å². The molecule has 1 aromatic carbocycles. The fourth-order valence-electron chi connectivity index (χ4n) is 2.17. The highest BCUT2D eigenvalue weighted by Crippen LogP contribution is 2.25. The van der Waals surface area contributed by atoms with E-state index in [4.69, 9.17) is 5.73 Å². The van der Waals surface area contributed by atoms with Crippen molar-refractivity contribution in [1.29, 1.82) is 0 Å². The lowest BCUT2D eigenvalue weighted by molar-refractivity contribution is 0.573. The molecule has 0 fully saturated rings. The number of aryl methyl sites for hydroxylation is 2. The smallest absolute Gasteiger partial charge is 0.242 e. The first-order valence-corrected chi connectivity index (χ1v) is 10.1. The van der Waals surface area contributed by atoms with Crippen LogP contribution in [0.3, 0.4) is 0 Å². The van der Waals surface area contributed by atoms with E-state index in [1.54, 1.807) is 13.0 Å². The second kappa shape index (κ2) is 8.66. The first kappa shape index (κ1) is 18.3. The Morgan fingerprint density at radius 1 is 1.10 bits per heavy atom. The summed E-state index contributed by atoms with van der Waals surface area (Å²) in [5.74, 6) is 1.17. The number of anilines is 1. The molecule has 21 heavy (non-hydrogen) atoms. The topological polar surface area (TPSA) is 72.2 Å². The SMILES string of the molecule is CSCCCCCCNS(=O)(=O)c1c(C)ccc(C)c1N. The van der Waals surface area contributed by atoms with E-state index < -0.39 is 10.0 Å². The van der Waals surface area contributed by atoms with Crippen LogP contribution in [0.4, 0.5) is 5.69 Å². The summed E-state index contributed by atoms with van der Waals surface area (Å²) in [6, 6.07) is 3.64. The minimum atomic E-state index is -3.52. The van der Waals surface area contributed by atoms with E-state index in [0.717, 1.165) is 24.8 Å². The summed E-state index contributed by atoms with van der Waals surface area (Å²) in [5, 5.41) is 0. The predicted octanol–water partition coefficient (Wildman–Crippen LogP) is 3.09. The third-order valence-electron chi connectivity index (χ3n) is 3.45. The Morgan fingerprint density at radius 2 is 1.71 bits per heavy atom. The summed E-state index contributed by atoms with van der Waals surface area (Å²) >= 11 is 1.85. The van der Waals surface area contributed by atoms with E-state index in [-0.39, 0.29) is 4.90 Å². The molecule has 0 unspecified atom stereocenters. The van der Waals surface area contributed by atoms with Gasteiger partial charge in [0.15, 0.2) is 0 Å². The predicted molar refractivity (Wildman–Crippen MR) is 92.4 cm³/mol. The number of rotatable bonds is 9. The van der Waals surface area contributed by atoms with Crippen LogP contribution in [0.25, 0.3) is 0 Å². The molecule has 120 valence electrons. The molecular weight excluding hydrogens is 304 g/mol. The fraction of sp³-hybridized carbons (Fsp3) is 0.600. The summed E-state index contributed by atoms with van der Waals surface area (Å²) in [4.78, 5) is 0.227. The number of nitrogens with two attached hydrogens (primary N) is 1. The van der Waals surface area contributed by atoms with Gasteiger partial charge in [-0.3, -0.25) is 0 Å². The number of nitrogens with one attached hydrogen (secondary N) is 1. The number of nitrogen functional groups attached to an aromatic ring is 1. The van der Waals surface area contributed by atoms with Crippen LogP contribution in [0.1, 0.15) is 36.8 Å². The van der Waals surface area contributed by atoms with Crippen molar-refractivity contribution >= 4 is 27.5 Å². The van der Waals surface area contributed by atoms with E-state index in [1.165, 1.54) is 12.2 Å². The molecule has 0 bridgehead atoms. The molecule has 0 amide bonds. The van der Waals surface area contributed by atoms with Crippen LogP contribution in [0.2, 0.25) is 0 Å². The Kier molecular flexibility index (Phi) is 7.56. The first-order valence-electron chi connectivity index (χ1n) is 7.24. The molecule has 0 saturated carbocycles. The normalized spacial score (nSPS) is 11.8. The molecule has 0 spiro atoms. The molecular formula is C15H26N2O2S2. The van der Waals surface area contributed by atoms with E-state index >= 15 is 0 Å². The van der Waals surface area contributed by atoms with Gasteiger partial charge in [-0.15, -0.1) is 0 Å². The van der Waals surface area contributed by atoms with Gasteiger partial charge in [0, 0.05) is 6.54 Å². The average molecular weight is 331 g/mol. The van der Waals surface area contributed by atoms with Crippen LogP contribution in [-0.4, -0.2) is 27.0 Å². The van der Waals surface area contributed by atoms with Gasteiger partial charge in [0.2, 0.25) is 10.0 Å². The molecule has 0 aliphatic rings. The van der Waals surface area contributed by atoms with E-state index in [0.29, 0.717) is 17.8 Å². The van der Waals surface area contributed by atoms with Gasteiger partial charge >= 0.3 is 0 Å². The van der Waals surface area contributed by atoms with Crippen molar-refractivity contribution in [3.8, 4) is 0 Å². The van der Waals surface area contributed by atoms with Crippen LogP contribution < -0.4 is 10.5 Å². The number of hydrogen-bond donors (Lipinski definition) is 2. The Hall–Kier alpha value is -0.720. The molecule has 1 rings (SSSR count). The van der Waals surface area contributed by atoms with Crippen molar-refractivity contribution < 1.29 is 8.42 Å². The molecule has 0 aromatic heterocycles. The maximum atomic E-state index is 12.4. The highest BCUT2D eigenvalue weighted by atomic mass is 32.2. The number of hydrogen-bond acceptors (Lipinski definition) is 4. The van der Waals surface area contributed by atoms with Gasteiger partial charge in [-0.2, -0.15) is 11.8 Å². The zero-order valence-corrected chi connectivity index (χ0v) is 14.7. The fourth-order valence-corrected chi connectivity index (χ4v) is 4.16. The maximum Gasteiger partial charge on any atom is 0.242 e. The minimum absolute atomic E-state index is 0.227. The highest BCUT2D eigenvalue weighted by molar-refractivity contribution is 7.98. The summed E-state index contributed by atoms with van der Waals surface area (Å²) in [6.07, 6.45) is 6.35. The Morgan fingerprint density at radius 3 is 2.38 bits per heavy atom. The molecule has 0 aliphatic heterocycles. The quantitative estimate of drug-likeness (QED) is 0.539. The molecule has 3 N–H and O–H groups in total. The van der Waals surface area contributed by atoms with E-state index in [1.807, 2.05) is 24.8 Å². The van der Waals surface area contributed by atoms with Crippen molar-refractivity contribution in [1.82, 2.24) is 4.72 Å². The highest BCUT2D eigenvalue weighted by Gasteiger charge is 2.20. The zero-order chi connectivity index (χ0) is 15.9. The lowest BCUT2D eigenvalue weighted by atomic mass is 10.1. The van der Waals surface area contributed by atoms with E-state index in [2.05, 4.69) is 11.0 Å². The van der Waals surface area contributed by atoms with Crippen LogP contribution in [0, 0.1) is 13.8 Å². The third kappa shape index (κ3) is 5.52. The molecule has 1 aromatic rings. The van der Waals surface area contributed by atoms with Crippen molar-refractivity contribution in [2.45, 2.75) is 44.4 Å². The van der Waals surface area contributed by atoms with Gasteiger partial charge in [0.25, 0.3) is 0 Å². The van der Waals surface area contributed by atoms with Gasteiger partial charge in [-0.05, 0) is 49.8 Å². The van der Waals surface area contributed by atoms with Gasteiger partial charge in [-0.25, -0.2) is 13.1 Å². The zero-order valence-electron chi connectivity index (χ0n) is 13.1. The lowest BCUT2D eigenvalue weighted by Crippen LogP contribution is -2.26. The second-order valence-electron chi connectivity index (χ2n) is 5.25. The third-order valence-corrected chi connectivity index (χ3v) is 5.81. The van der Waals surface area contributed by atoms with Gasteiger partial charge in [0.1, 0.15) is 4.90 Å². The molecule has 0 aliphatic carbocycles. The Balaban J connectivity index is 2.57. The molecule has 0 saturated heterocycles. The number of unbranched alkanes of at least 4 members (excludes halogenated alkanes) is 3. The van der Waals surface area contributed by atoms with Crippen molar-refractivity contribution in [2.24, 2.45) is 0 Å². The monoisotopic (exact) mass is 330 g/mol. The summed E-state index contributed by atoms with van der Waals surface area (Å²) in [7, 11) is -3.52. The molecule has 0 radical (unpaired) electrons. The maximum absolute atomic E-state index is 12.4. The number of benzene rings is 1. The number of sulfonamides is 1. The summed E-state index contributed by atoms with van der Waals surface area (Å²) in [6.45, 7) is 4.06. The largest absolute Gasteiger partial charge is 0.397 e. The number of thioether (sulfide) groups is 1. The van der Waals surface area contributed by atoms with Crippen molar-refractivity contribution in [3.05, 3.63) is 23.3 Å². The Labute approximate surface area is 132 Å². The van der Waals surface area contributed by atoms with Crippen LogP contribution in [0.15, 0.2) is 17.0 Å². The first-order chi connectivity index (χ1) is 9.90. The standard InChI is InChI=1S/C15H26N2O2S2/c1-12-8-9-13(2)15(14(12)16)21(18,19)17-10-6-4-5-7-11-20-3/h8-9,17H,4-7,10-11,16H2,1-3H3.